The van der Waals surface area contributed by atoms with Crippen LogP contribution in [-0.4, -0.2) is 55.1 Å². The second-order valence-corrected chi connectivity index (χ2v) is 7.70. The van der Waals surface area contributed by atoms with Gasteiger partial charge >= 0.3 is 0 Å². The smallest absolute Gasteiger partial charge is 0.227 e. The van der Waals surface area contributed by atoms with Gasteiger partial charge in [0.15, 0.2) is 0 Å². The van der Waals surface area contributed by atoms with Crippen molar-refractivity contribution < 1.29 is 0 Å². The van der Waals surface area contributed by atoms with Gasteiger partial charge in [-0.2, -0.15) is 4.98 Å². The van der Waals surface area contributed by atoms with Gasteiger partial charge in [-0.05, 0) is 37.1 Å². The summed E-state index contributed by atoms with van der Waals surface area (Å²) in [5.74, 6) is 1.75. The van der Waals surface area contributed by atoms with Crippen LogP contribution in [0.3, 0.4) is 0 Å². The lowest BCUT2D eigenvalue weighted by Crippen LogP contribution is -2.46. The van der Waals surface area contributed by atoms with Gasteiger partial charge in [0.25, 0.3) is 0 Å². The van der Waals surface area contributed by atoms with Gasteiger partial charge in [-0.1, -0.05) is 34.1 Å². The highest BCUT2D eigenvalue weighted by atomic mass is 79.9. The Morgan fingerprint density at radius 1 is 1.20 bits per heavy atom. The number of anilines is 2. The van der Waals surface area contributed by atoms with E-state index in [2.05, 4.69) is 67.0 Å². The van der Waals surface area contributed by atoms with Crippen LogP contribution in [0.5, 0.6) is 0 Å². The minimum atomic E-state index is 0.439. The van der Waals surface area contributed by atoms with Crippen molar-refractivity contribution in [3.05, 3.63) is 46.6 Å². The molecule has 0 spiro atoms. The van der Waals surface area contributed by atoms with Crippen molar-refractivity contribution in [1.29, 1.82) is 0 Å². The first kappa shape index (κ1) is 18.1. The molecular formula is C19H26BrN5. The van der Waals surface area contributed by atoms with Crippen LogP contribution < -0.4 is 9.80 Å². The Hall–Kier alpha value is -1.66. The van der Waals surface area contributed by atoms with Crippen molar-refractivity contribution >= 4 is 27.7 Å². The van der Waals surface area contributed by atoms with E-state index in [1.54, 1.807) is 0 Å². The monoisotopic (exact) mass is 403 g/mol. The maximum atomic E-state index is 4.69. The summed E-state index contributed by atoms with van der Waals surface area (Å²) in [6, 6.07) is 10.9. The molecule has 0 amide bonds. The van der Waals surface area contributed by atoms with Gasteiger partial charge in [0.2, 0.25) is 5.95 Å². The van der Waals surface area contributed by atoms with E-state index in [-0.39, 0.29) is 0 Å². The van der Waals surface area contributed by atoms with Crippen LogP contribution in [0.15, 0.2) is 41.0 Å². The molecule has 0 N–H and O–H groups in total. The van der Waals surface area contributed by atoms with E-state index >= 15 is 0 Å². The summed E-state index contributed by atoms with van der Waals surface area (Å²) in [6.45, 7) is 3.15. The lowest BCUT2D eigenvalue weighted by atomic mass is 10.0. The van der Waals surface area contributed by atoms with Crippen LogP contribution in [0.1, 0.15) is 18.4 Å². The second-order valence-electron chi connectivity index (χ2n) is 6.84. The van der Waals surface area contributed by atoms with E-state index in [1.807, 2.05) is 31.3 Å². The van der Waals surface area contributed by atoms with Crippen molar-refractivity contribution in [1.82, 2.24) is 14.9 Å². The fraction of sp³-hybridized carbons (Fsp3) is 0.474. The number of benzene rings is 1. The Morgan fingerprint density at radius 2 is 2.00 bits per heavy atom. The van der Waals surface area contributed by atoms with E-state index in [0.29, 0.717) is 6.04 Å². The second kappa shape index (κ2) is 8.15. The maximum Gasteiger partial charge on any atom is 0.227 e. The van der Waals surface area contributed by atoms with E-state index in [4.69, 9.17) is 0 Å². The lowest BCUT2D eigenvalue weighted by molar-refractivity contribution is 0.198. The third-order valence-corrected chi connectivity index (χ3v) is 5.56. The Balaban J connectivity index is 1.68. The van der Waals surface area contributed by atoms with Gasteiger partial charge < -0.3 is 9.80 Å². The van der Waals surface area contributed by atoms with Crippen molar-refractivity contribution in [3.8, 4) is 0 Å². The summed E-state index contributed by atoms with van der Waals surface area (Å²) in [7, 11) is 6.12. The average Bonchev–Trinajstić information content (AvgIpc) is 2.63. The molecule has 1 aromatic carbocycles. The first-order valence-corrected chi connectivity index (χ1v) is 9.53. The third kappa shape index (κ3) is 4.50. The zero-order chi connectivity index (χ0) is 17.8. The van der Waals surface area contributed by atoms with Crippen LogP contribution in [0.4, 0.5) is 11.8 Å². The Morgan fingerprint density at radius 3 is 2.76 bits per heavy atom. The minimum Gasteiger partial charge on any atom is -0.363 e. The molecule has 1 unspecified atom stereocenters. The number of hydrogen-bond acceptors (Lipinski definition) is 5. The van der Waals surface area contributed by atoms with Crippen LogP contribution in [0.25, 0.3) is 0 Å². The van der Waals surface area contributed by atoms with Crippen molar-refractivity contribution in [3.63, 3.8) is 0 Å². The van der Waals surface area contributed by atoms with Crippen LogP contribution in [-0.2, 0) is 6.54 Å². The normalized spacial score (nSPS) is 18.2. The molecule has 2 heterocycles. The number of halogens is 1. The van der Waals surface area contributed by atoms with Gasteiger partial charge in [0.1, 0.15) is 5.82 Å². The summed E-state index contributed by atoms with van der Waals surface area (Å²) in [5.41, 5.74) is 1.34. The number of likely N-dealkylation sites (tertiary alicyclic amines) is 1. The SMILES string of the molecule is CN(C)c1ccnc(N(C)C2CCCN(Cc3ccccc3Br)C2)n1. The number of hydrogen-bond donors (Lipinski definition) is 0. The predicted molar refractivity (Wildman–Crippen MR) is 107 cm³/mol. The summed E-state index contributed by atoms with van der Waals surface area (Å²) in [6.07, 6.45) is 4.22. The van der Waals surface area contributed by atoms with E-state index in [9.17, 15) is 0 Å². The third-order valence-electron chi connectivity index (χ3n) is 4.78. The molecule has 5 nitrogen and oxygen atoms in total. The van der Waals surface area contributed by atoms with Gasteiger partial charge in [-0.25, -0.2) is 4.98 Å². The maximum absolute atomic E-state index is 4.69. The van der Waals surface area contributed by atoms with Crippen LogP contribution in [0, 0.1) is 0 Å². The molecule has 1 saturated heterocycles. The van der Waals surface area contributed by atoms with E-state index in [1.165, 1.54) is 22.9 Å². The summed E-state index contributed by atoms with van der Waals surface area (Å²) in [5, 5.41) is 0. The largest absolute Gasteiger partial charge is 0.363 e. The molecule has 0 saturated carbocycles. The van der Waals surface area contributed by atoms with Crippen LogP contribution in [0.2, 0.25) is 0 Å². The quantitative estimate of drug-likeness (QED) is 0.764. The molecule has 1 aliphatic heterocycles. The molecule has 1 aliphatic rings. The Bertz CT molecular complexity index is 706. The topological polar surface area (TPSA) is 35.5 Å². The van der Waals surface area contributed by atoms with E-state index < -0.39 is 0 Å². The molecule has 1 fully saturated rings. The summed E-state index contributed by atoms with van der Waals surface area (Å²) in [4.78, 5) is 15.9. The average molecular weight is 404 g/mol. The Labute approximate surface area is 158 Å². The zero-order valence-electron chi connectivity index (χ0n) is 15.2. The number of aromatic nitrogens is 2. The van der Waals surface area contributed by atoms with Gasteiger partial charge in [-0.3, -0.25) is 4.90 Å². The minimum absolute atomic E-state index is 0.439. The first-order valence-electron chi connectivity index (χ1n) is 8.73. The fourth-order valence-electron chi connectivity index (χ4n) is 3.28. The fourth-order valence-corrected chi connectivity index (χ4v) is 3.69. The molecule has 0 bridgehead atoms. The lowest BCUT2D eigenvalue weighted by Gasteiger charge is -2.38. The number of rotatable bonds is 5. The van der Waals surface area contributed by atoms with Crippen molar-refractivity contribution in [2.75, 3.05) is 44.0 Å². The number of nitrogens with zero attached hydrogens (tertiary/aromatic N) is 5. The molecule has 0 aliphatic carbocycles. The Kier molecular flexibility index (Phi) is 5.91. The highest BCUT2D eigenvalue weighted by Gasteiger charge is 2.25. The zero-order valence-corrected chi connectivity index (χ0v) is 16.8. The van der Waals surface area contributed by atoms with Gasteiger partial charge in [-0.15, -0.1) is 0 Å². The highest BCUT2D eigenvalue weighted by Crippen LogP contribution is 2.23. The standard InChI is InChI=1S/C19H26BrN5/c1-23(2)18-10-11-21-19(22-18)24(3)16-8-6-12-25(14-16)13-15-7-4-5-9-17(15)20/h4-5,7,9-11,16H,6,8,12-14H2,1-3H3. The number of likely N-dealkylation sites (N-methyl/N-ethyl adjacent to an activating group) is 1. The summed E-state index contributed by atoms with van der Waals surface area (Å²) >= 11 is 3.66. The molecular weight excluding hydrogens is 378 g/mol. The van der Waals surface area contributed by atoms with Crippen molar-refractivity contribution in [2.45, 2.75) is 25.4 Å². The molecule has 1 atom stereocenters. The molecule has 0 radical (unpaired) electrons. The first-order chi connectivity index (χ1) is 12.0. The molecule has 25 heavy (non-hydrogen) atoms. The van der Waals surface area contributed by atoms with Gasteiger partial charge in [0, 0.05) is 50.9 Å². The molecule has 134 valence electrons. The summed E-state index contributed by atoms with van der Waals surface area (Å²) < 4.78 is 1.19. The van der Waals surface area contributed by atoms with Gasteiger partial charge in [0.05, 0.1) is 0 Å². The molecule has 6 heteroatoms. The van der Waals surface area contributed by atoms with E-state index in [0.717, 1.165) is 31.4 Å². The molecule has 2 aromatic rings. The van der Waals surface area contributed by atoms with Crippen LogP contribution >= 0.6 is 15.9 Å². The predicted octanol–water partition coefficient (Wildman–Crippen LogP) is 3.41. The number of piperidine rings is 1. The highest BCUT2D eigenvalue weighted by molar-refractivity contribution is 9.10. The molecule has 1 aromatic heterocycles. The van der Waals surface area contributed by atoms with Crippen molar-refractivity contribution in [2.24, 2.45) is 0 Å². The molecule has 3 rings (SSSR count).